The van der Waals surface area contributed by atoms with Crippen molar-refractivity contribution in [2.24, 2.45) is 5.14 Å². The summed E-state index contributed by atoms with van der Waals surface area (Å²) in [7, 11) is -3.63. The van der Waals surface area contributed by atoms with E-state index in [1.165, 1.54) is 4.90 Å². The highest BCUT2D eigenvalue weighted by Crippen LogP contribution is 2.16. The van der Waals surface area contributed by atoms with Crippen LogP contribution in [-0.2, 0) is 21.2 Å². The summed E-state index contributed by atoms with van der Waals surface area (Å²) in [5, 5.41) is 4.28. The number of rotatable bonds is 4. The van der Waals surface area contributed by atoms with Gasteiger partial charge in [0, 0.05) is 37.8 Å². The Morgan fingerprint density at radius 1 is 1.44 bits per heavy atom. The van der Waals surface area contributed by atoms with Crippen LogP contribution in [0.25, 0.3) is 0 Å². The van der Waals surface area contributed by atoms with Gasteiger partial charge in [-0.05, 0) is 12.1 Å². The number of primary sulfonamides is 1. The predicted molar refractivity (Wildman–Crippen MR) is 66.0 cm³/mol. The van der Waals surface area contributed by atoms with Gasteiger partial charge in [0.05, 0.1) is 0 Å². The van der Waals surface area contributed by atoms with Crippen molar-refractivity contribution >= 4 is 15.9 Å². The second kappa shape index (κ2) is 5.03. The summed E-state index contributed by atoms with van der Waals surface area (Å²) in [6.07, 6.45) is 2.29. The Hall–Kier alpha value is -1.47. The second-order valence-electron chi connectivity index (χ2n) is 4.33. The highest BCUT2D eigenvalue weighted by Gasteiger charge is 2.35. The van der Waals surface area contributed by atoms with Crippen molar-refractivity contribution in [2.45, 2.75) is 18.1 Å². The first-order valence-corrected chi connectivity index (χ1v) is 7.27. The van der Waals surface area contributed by atoms with Crippen molar-refractivity contribution in [3.05, 3.63) is 30.1 Å². The van der Waals surface area contributed by atoms with Crippen LogP contribution in [-0.4, -0.2) is 42.5 Å². The van der Waals surface area contributed by atoms with Crippen LogP contribution in [0.5, 0.6) is 0 Å². The number of likely N-dealkylation sites (tertiary alicyclic amines) is 1. The van der Waals surface area contributed by atoms with Gasteiger partial charge in [0.15, 0.2) is 0 Å². The molecule has 1 aromatic heterocycles. The number of pyridine rings is 1. The minimum absolute atomic E-state index is 0.0128. The number of nitrogens with zero attached hydrogens (tertiary/aromatic N) is 2. The third-order valence-electron chi connectivity index (χ3n) is 3.01. The molecular weight excluding hydrogens is 254 g/mol. The van der Waals surface area contributed by atoms with E-state index in [0.717, 1.165) is 5.69 Å². The van der Waals surface area contributed by atoms with E-state index in [4.69, 9.17) is 5.14 Å². The zero-order valence-corrected chi connectivity index (χ0v) is 10.6. The van der Waals surface area contributed by atoms with Crippen LogP contribution < -0.4 is 5.14 Å². The summed E-state index contributed by atoms with van der Waals surface area (Å²) in [5.74, 6) is -0.162. The molecule has 0 bridgehead atoms. The van der Waals surface area contributed by atoms with Crippen LogP contribution in [0.3, 0.4) is 0 Å². The quantitative estimate of drug-likeness (QED) is 0.798. The van der Waals surface area contributed by atoms with E-state index in [2.05, 4.69) is 4.98 Å². The van der Waals surface area contributed by atoms with Gasteiger partial charge in [-0.25, -0.2) is 13.6 Å². The molecule has 18 heavy (non-hydrogen) atoms. The van der Waals surface area contributed by atoms with Crippen molar-refractivity contribution in [3.63, 3.8) is 0 Å². The standard InChI is InChI=1S/C11H15N3O3S/c12-18(16,17)10-7-11(15)14(8-10)6-4-9-3-1-2-5-13-9/h1-3,5,10H,4,6-8H2,(H2,12,16,17). The van der Waals surface area contributed by atoms with Crippen molar-refractivity contribution in [1.82, 2.24) is 9.88 Å². The van der Waals surface area contributed by atoms with E-state index >= 15 is 0 Å². The van der Waals surface area contributed by atoms with E-state index in [1.807, 2.05) is 18.2 Å². The summed E-state index contributed by atoms with van der Waals surface area (Å²) < 4.78 is 22.4. The van der Waals surface area contributed by atoms with Gasteiger partial charge in [-0.15, -0.1) is 0 Å². The number of hydrogen-bond donors (Lipinski definition) is 1. The Morgan fingerprint density at radius 3 is 2.78 bits per heavy atom. The molecular formula is C11H15N3O3S. The fourth-order valence-corrected chi connectivity index (χ4v) is 2.73. The molecule has 1 fully saturated rings. The molecule has 2 rings (SSSR count). The average Bonchev–Trinajstić information content (AvgIpc) is 2.69. The molecule has 0 spiro atoms. The van der Waals surface area contributed by atoms with Crippen molar-refractivity contribution in [1.29, 1.82) is 0 Å². The maximum atomic E-state index is 11.6. The maximum absolute atomic E-state index is 11.6. The summed E-state index contributed by atoms with van der Waals surface area (Å²) in [6, 6.07) is 5.57. The Kier molecular flexibility index (Phi) is 3.63. The highest BCUT2D eigenvalue weighted by molar-refractivity contribution is 7.89. The second-order valence-corrected chi connectivity index (χ2v) is 6.17. The lowest BCUT2D eigenvalue weighted by Gasteiger charge is -2.15. The van der Waals surface area contributed by atoms with Crippen LogP contribution in [0.4, 0.5) is 0 Å². The van der Waals surface area contributed by atoms with Crippen molar-refractivity contribution < 1.29 is 13.2 Å². The molecule has 6 nitrogen and oxygen atoms in total. The molecule has 0 aliphatic carbocycles. The molecule has 7 heteroatoms. The largest absolute Gasteiger partial charge is 0.341 e. The van der Waals surface area contributed by atoms with Gasteiger partial charge < -0.3 is 4.90 Å². The van der Waals surface area contributed by atoms with E-state index in [-0.39, 0.29) is 18.9 Å². The number of amides is 1. The number of nitrogens with two attached hydrogens (primary N) is 1. The third-order valence-corrected chi connectivity index (χ3v) is 4.25. The summed E-state index contributed by atoms with van der Waals surface area (Å²) in [6.45, 7) is 0.659. The van der Waals surface area contributed by atoms with Gasteiger partial charge in [-0.2, -0.15) is 0 Å². The van der Waals surface area contributed by atoms with Gasteiger partial charge in [-0.3, -0.25) is 9.78 Å². The van der Waals surface area contributed by atoms with Gasteiger partial charge in [0.1, 0.15) is 5.25 Å². The number of hydrogen-bond acceptors (Lipinski definition) is 4. The Morgan fingerprint density at radius 2 is 2.22 bits per heavy atom. The van der Waals surface area contributed by atoms with Crippen LogP contribution in [0.2, 0.25) is 0 Å². The number of carbonyl (C=O) groups excluding carboxylic acids is 1. The molecule has 1 aromatic rings. The molecule has 1 aliphatic rings. The van der Waals surface area contributed by atoms with E-state index in [9.17, 15) is 13.2 Å². The predicted octanol–water partition coefficient (Wildman–Crippen LogP) is -0.486. The molecule has 2 N–H and O–H groups in total. The van der Waals surface area contributed by atoms with Crippen LogP contribution in [0.1, 0.15) is 12.1 Å². The minimum Gasteiger partial charge on any atom is -0.341 e. The van der Waals surface area contributed by atoms with Crippen molar-refractivity contribution in [3.8, 4) is 0 Å². The average molecular weight is 269 g/mol. The summed E-state index contributed by atoms with van der Waals surface area (Å²) in [4.78, 5) is 17.3. The molecule has 1 unspecified atom stereocenters. The molecule has 2 heterocycles. The molecule has 1 saturated heterocycles. The van der Waals surface area contributed by atoms with Gasteiger partial charge in [0.2, 0.25) is 15.9 Å². The monoisotopic (exact) mass is 269 g/mol. The van der Waals surface area contributed by atoms with Gasteiger partial charge in [0.25, 0.3) is 0 Å². The van der Waals surface area contributed by atoms with Crippen LogP contribution in [0, 0.1) is 0 Å². The zero-order valence-electron chi connectivity index (χ0n) is 9.82. The summed E-state index contributed by atoms with van der Waals surface area (Å²) in [5.41, 5.74) is 0.879. The lowest BCUT2D eigenvalue weighted by atomic mass is 10.2. The smallest absolute Gasteiger partial charge is 0.224 e. The fraction of sp³-hybridized carbons (Fsp3) is 0.455. The zero-order chi connectivity index (χ0) is 13.2. The van der Waals surface area contributed by atoms with Crippen LogP contribution in [0.15, 0.2) is 24.4 Å². The normalized spacial score (nSPS) is 20.4. The Balaban J connectivity index is 1.94. The van der Waals surface area contributed by atoms with Gasteiger partial charge >= 0.3 is 0 Å². The lowest BCUT2D eigenvalue weighted by molar-refractivity contribution is -0.127. The fourth-order valence-electron chi connectivity index (χ4n) is 1.97. The SMILES string of the molecule is NS(=O)(=O)C1CC(=O)N(CCc2ccccn2)C1. The minimum atomic E-state index is -3.63. The van der Waals surface area contributed by atoms with Crippen LogP contribution >= 0.6 is 0 Å². The first-order valence-electron chi connectivity index (χ1n) is 5.66. The topological polar surface area (TPSA) is 93.4 Å². The van der Waals surface area contributed by atoms with Gasteiger partial charge in [-0.1, -0.05) is 6.07 Å². The van der Waals surface area contributed by atoms with Crippen molar-refractivity contribution in [2.75, 3.05) is 13.1 Å². The number of sulfonamides is 1. The molecule has 0 saturated carbocycles. The number of carbonyl (C=O) groups is 1. The first kappa shape index (κ1) is 13.0. The highest BCUT2D eigenvalue weighted by atomic mass is 32.2. The Labute approximate surface area is 106 Å². The molecule has 1 amide bonds. The molecule has 0 radical (unpaired) electrons. The third kappa shape index (κ3) is 3.05. The van der Waals surface area contributed by atoms with E-state index in [0.29, 0.717) is 13.0 Å². The maximum Gasteiger partial charge on any atom is 0.224 e. The molecule has 98 valence electrons. The van der Waals surface area contributed by atoms with E-state index in [1.54, 1.807) is 6.20 Å². The van der Waals surface area contributed by atoms with E-state index < -0.39 is 15.3 Å². The first-order chi connectivity index (χ1) is 8.47. The molecule has 1 aliphatic heterocycles. The number of aromatic nitrogens is 1. The lowest BCUT2D eigenvalue weighted by Crippen LogP contribution is -2.33. The summed E-state index contributed by atoms with van der Waals surface area (Å²) >= 11 is 0. The Bertz CT molecular complexity index is 530. The molecule has 1 atom stereocenters. The molecule has 0 aromatic carbocycles.